The average Bonchev–Trinajstić information content (AvgIpc) is 2.38. The molecule has 2 aromatic carbocycles. The van der Waals surface area contributed by atoms with Crippen LogP contribution in [0, 0.1) is 21.7 Å². The third kappa shape index (κ3) is 2.94. The van der Waals surface area contributed by atoms with Crippen molar-refractivity contribution in [3.05, 3.63) is 69.8 Å². The number of nitro benzene ring substituents is 1. The van der Waals surface area contributed by atoms with E-state index in [1.54, 1.807) is 0 Å². The Hall–Kier alpha value is -2.83. The van der Waals surface area contributed by atoms with Crippen LogP contribution in [0.2, 0.25) is 0 Å². The summed E-state index contributed by atoms with van der Waals surface area (Å²) in [4.78, 5) is 21.3. The second-order valence-electron chi connectivity index (χ2n) is 3.89. The Morgan fingerprint density at radius 2 is 1.90 bits per heavy atom. The van der Waals surface area contributed by atoms with Crippen molar-refractivity contribution in [3.8, 4) is 0 Å². The van der Waals surface area contributed by atoms with Crippen molar-refractivity contribution in [2.24, 2.45) is 0 Å². The van der Waals surface area contributed by atoms with Gasteiger partial charge in [0.25, 0.3) is 5.91 Å². The Balaban J connectivity index is 2.20. The predicted molar refractivity (Wildman–Crippen MR) is 67.4 cm³/mol. The van der Waals surface area contributed by atoms with Crippen LogP contribution in [-0.2, 0) is 0 Å². The van der Waals surface area contributed by atoms with E-state index in [4.69, 9.17) is 0 Å². The van der Waals surface area contributed by atoms with Crippen LogP contribution in [-0.4, -0.2) is 10.8 Å². The maximum absolute atomic E-state index is 13.4. The minimum absolute atomic E-state index is 0.0439. The van der Waals surface area contributed by atoms with Crippen molar-refractivity contribution >= 4 is 17.3 Å². The molecule has 1 N–H and O–H groups in total. The number of nitro groups is 1. The molecule has 102 valence electrons. The fourth-order valence-electron chi connectivity index (χ4n) is 1.57. The van der Waals surface area contributed by atoms with Gasteiger partial charge in [0.1, 0.15) is 5.82 Å². The van der Waals surface area contributed by atoms with Crippen molar-refractivity contribution in [1.29, 1.82) is 0 Å². The lowest BCUT2D eigenvalue weighted by Gasteiger charge is -2.05. The number of nitrogens with one attached hydrogen (secondary N) is 1. The van der Waals surface area contributed by atoms with E-state index in [-0.39, 0.29) is 11.3 Å². The highest BCUT2D eigenvalue weighted by Gasteiger charge is 2.15. The number of carbonyl (C=O) groups is 1. The second kappa shape index (κ2) is 5.43. The van der Waals surface area contributed by atoms with Gasteiger partial charge < -0.3 is 5.32 Å². The van der Waals surface area contributed by atoms with Gasteiger partial charge in [-0.05, 0) is 24.3 Å². The molecule has 0 aromatic heterocycles. The number of nitrogens with zero attached hydrogens (tertiary/aromatic N) is 1. The van der Waals surface area contributed by atoms with Crippen molar-refractivity contribution in [2.75, 3.05) is 5.32 Å². The van der Waals surface area contributed by atoms with Gasteiger partial charge in [0.15, 0.2) is 0 Å². The topological polar surface area (TPSA) is 72.2 Å². The predicted octanol–water partition coefficient (Wildman–Crippen LogP) is 3.13. The highest BCUT2D eigenvalue weighted by atomic mass is 19.1. The number of hydrogen-bond donors (Lipinski definition) is 1. The van der Waals surface area contributed by atoms with Crippen molar-refractivity contribution < 1.29 is 18.5 Å². The van der Waals surface area contributed by atoms with Crippen LogP contribution in [0.5, 0.6) is 0 Å². The summed E-state index contributed by atoms with van der Waals surface area (Å²) in [6.07, 6.45) is 0. The number of carbonyl (C=O) groups excluding carboxylic acids is 1. The van der Waals surface area contributed by atoms with Crippen LogP contribution in [0.15, 0.2) is 42.5 Å². The first-order valence-electron chi connectivity index (χ1n) is 5.48. The molecule has 0 unspecified atom stereocenters. The highest BCUT2D eigenvalue weighted by molar-refractivity contribution is 6.04. The molecule has 20 heavy (non-hydrogen) atoms. The maximum atomic E-state index is 13.4. The molecule has 0 fully saturated rings. The average molecular weight is 278 g/mol. The first-order chi connectivity index (χ1) is 9.47. The second-order valence-corrected chi connectivity index (χ2v) is 3.89. The lowest BCUT2D eigenvalue weighted by Crippen LogP contribution is -2.12. The van der Waals surface area contributed by atoms with Crippen LogP contribution in [0.25, 0.3) is 0 Å². The SMILES string of the molecule is O=C(Nc1ccc([N+](=O)[O-])c(F)c1)c1cccc(F)c1. The minimum Gasteiger partial charge on any atom is -0.322 e. The molecular weight excluding hydrogens is 270 g/mol. The minimum atomic E-state index is -1.06. The summed E-state index contributed by atoms with van der Waals surface area (Å²) in [5.74, 6) is -2.28. The molecule has 2 rings (SSSR count). The zero-order valence-electron chi connectivity index (χ0n) is 9.97. The standard InChI is InChI=1S/C13H8F2N2O3/c14-9-3-1-2-8(6-9)13(18)16-10-4-5-12(17(19)20)11(15)7-10/h1-7H,(H,16,18). The first kappa shape index (κ1) is 13.6. The van der Waals surface area contributed by atoms with Gasteiger partial charge in [-0.15, -0.1) is 0 Å². The third-order valence-corrected chi connectivity index (χ3v) is 2.49. The molecule has 0 spiro atoms. The Bertz CT molecular complexity index is 689. The van der Waals surface area contributed by atoms with E-state index in [2.05, 4.69) is 5.32 Å². The molecule has 0 saturated heterocycles. The molecule has 0 aliphatic heterocycles. The molecular formula is C13H8F2N2O3. The van der Waals surface area contributed by atoms with Gasteiger partial charge in [-0.25, -0.2) is 4.39 Å². The van der Waals surface area contributed by atoms with Crippen LogP contribution in [0.1, 0.15) is 10.4 Å². The number of halogens is 2. The molecule has 0 bridgehead atoms. The van der Waals surface area contributed by atoms with Crippen molar-refractivity contribution in [2.45, 2.75) is 0 Å². The number of anilines is 1. The van der Waals surface area contributed by atoms with Gasteiger partial charge in [-0.3, -0.25) is 14.9 Å². The summed E-state index contributed by atoms with van der Waals surface area (Å²) in [7, 11) is 0. The maximum Gasteiger partial charge on any atom is 0.304 e. The first-order valence-corrected chi connectivity index (χ1v) is 5.48. The summed E-state index contributed by atoms with van der Waals surface area (Å²) < 4.78 is 26.3. The molecule has 2 aromatic rings. The molecule has 7 heteroatoms. The fraction of sp³-hybridized carbons (Fsp3) is 0. The van der Waals surface area contributed by atoms with Gasteiger partial charge in [0.2, 0.25) is 5.82 Å². The zero-order valence-corrected chi connectivity index (χ0v) is 9.97. The summed E-state index contributed by atoms with van der Waals surface area (Å²) in [6, 6.07) is 7.92. The molecule has 0 aliphatic carbocycles. The van der Waals surface area contributed by atoms with Gasteiger partial charge in [0, 0.05) is 23.4 Å². The molecule has 0 saturated carbocycles. The van der Waals surface area contributed by atoms with E-state index in [1.165, 1.54) is 24.3 Å². The van der Waals surface area contributed by atoms with E-state index in [0.717, 1.165) is 18.2 Å². The van der Waals surface area contributed by atoms with E-state index in [9.17, 15) is 23.7 Å². The molecule has 0 aliphatic rings. The summed E-state index contributed by atoms with van der Waals surface area (Å²) in [5, 5.41) is 12.8. The Morgan fingerprint density at radius 1 is 1.15 bits per heavy atom. The van der Waals surface area contributed by atoms with Crippen molar-refractivity contribution in [3.63, 3.8) is 0 Å². The quantitative estimate of drug-likeness (QED) is 0.692. The summed E-state index contributed by atoms with van der Waals surface area (Å²) in [6.45, 7) is 0. The monoisotopic (exact) mass is 278 g/mol. The number of amides is 1. The Kier molecular flexibility index (Phi) is 3.69. The van der Waals surface area contributed by atoms with Gasteiger partial charge in [0.05, 0.1) is 4.92 Å². The summed E-state index contributed by atoms with van der Waals surface area (Å²) >= 11 is 0. The Labute approximate surface area is 112 Å². The summed E-state index contributed by atoms with van der Waals surface area (Å²) in [5.41, 5.74) is -0.583. The highest BCUT2D eigenvalue weighted by Crippen LogP contribution is 2.21. The van der Waals surface area contributed by atoms with Gasteiger partial charge in [-0.2, -0.15) is 4.39 Å². The van der Waals surface area contributed by atoms with E-state index in [0.29, 0.717) is 0 Å². The lowest BCUT2D eigenvalue weighted by molar-refractivity contribution is -0.387. The Morgan fingerprint density at radius 3 is 2.50 bits per heavy atom. The van der Waals surface area contributed by atoms with Gasteiger partial charge in [-0.1, -0.05) is 6.07 Å². The molecule has 0 radical (unpaired) electrons. The van der Waals surface area contributed by atoms with E-state index in [1.807, 2.05) is 0 Å². The molecule has 5 nitrogen and oxygen atoms in total. The molecule has 0 atom stereocenters. The van der Waals surface area contributed by atoms with Crippen LogP contribution >= 0.6 is 0 Å². The molecule has 0 heterocycles. The number of rotatable bonds is 3. The largest absolute Gasteiger partial charge is 0.322 e. The van der Waals surface area contributed by atoms with E-state index >= 15 is 0 Å². The third-order valence-electron chi connectivity index (χ3n) is 2.49. The van der Waals surface area contributed by atoms with Crippen LogP contribution in [0.4, 0.5) is 20.2 Å². The van der Waals surface area contributed by atoms with Crippen LogP contribution < -0.4 is 5.32 Å². The smallest absolute Gasteiger partial charge is 0.304 e. The normalized spacial score (nSPS) is 10.1. The zero-order chi connectivity index (χ0) is 14.7. The fourth-order valence-corrected chi connectivity index (χ4v) is 1.57. The van der Waals surface area contributed by atoms with Gasteiger partial charge >= 0.3 is 5.69 Å². The number of hydrogen-bond acceptors (Lipinski definition) is 3. The van der Waals surface area contributed by atoms with E-state index < -0.39 is 28.2 Å². The van der Waals surface area contributed by atoms with Crippen molar-refractivity contribution in [1.82, 2.24) is 0 Å². The number of benzene rings is 2. The van der Waals surface area contributed by atoms with Crippen LogP contribution in [0.3, 0.4) is 0 Å². The molecule has 1 amide bonds. The lowest BCUT2D eigenvalue weighted by atomic mass is 10.2.